The molecule has 1 heterocycles. The SMILES string of the molecule is Cc1cccc(C[NH+]2CCN(C(=O)CN(C)C(=O)/C=C/c3ccccc3)CC2)c1. The number of amides is 2. The second-order valence-corrected chi connectivity index (χ2v) is 7.73. The highest BCUT2D eigenvalue weighted by atomic mass is 16.2. The number of nitrogens with one attached hydrogen (secondary N) is 1. The van der Waals surface area contributed by atoms with Gasteiger partial charge >= 0.3 is 0 Å². The molecule has 1 fully saturated rings. The molecule has 0 radical (unpaired) electrons. The molecule has 1 aliphatic heterocycles. The lowest BCUT2D eigenvalue weighted by Crippen LogP contribution is -3.13. The highest BCUT2D eigenvalue weighted by molar-refractivity contribution is 5.94. The van der Waals surface area contributed by atoms with Gasteiger partial charge in [0.1, 0.15) is 6.54 Å². The predicted octanol–water partition coefficient (Wildman–Crippen LogP) is 1.39. The smallest absolute Gasteiger partial charge is 0.246 e. The quantitative estimate of drug-likeness (QED) is 0.756. The summed E-state index contributed by atoms with van der Waals surface area (Å²) < 4.78 is 0. The van der Waals surface area contributed by atoms with E-state index in [1.54, 1.807) is 13.1 Å². The van der Waals surface area contributed by atoms with Crippen LogP contribution in [0.2, 0.25) is 0 Å². The van der Waals surface area contributed by atoms with Crippen LogP contribution in [-0.4, -0.2) is 61.4 Å². The van der Waals surface area contributed by atoms with Gasteiger partial charge in [-0.3, -0.25) is 9.59 Å². The first-order valence-electron chi connectivity index (χ1n) is 10.2. The van der Waals surface area contributed by atoms with E-state index in [9.17, 15) is 9.59 Å². The van der Waals surface area contributed by atoms with Gasteiger partial charge in [-0.15, -0.1) is 0 Å². The van der Waals surface area contributed by atoms with Crippen LogP contribution in [-0.2, 0) is 16.1 Å². The zero-order valence-corrected chi connectivity index (χ0v) is 17.3. The van der Waals surface area contributed by atoms with Gasteiger partial charge in [0.25, 0.3) is 0 Å². The first-order valence-corrected chi connectivity index (χ1v) is 10.2. The Morgan fingerprint density at radius 2 is 1.79 bits per heavy atom. The Bertz CT molecular complexity index is 855. The highest BCUT2D eigenvalue weighted by Gasteiger charge is 2.25. The second-order valence-electron chi connectivity index (χ2n) is 7.73. The Balaban J connectivity index is 1.44. The summed E-state index contributed by atoms with van der Waals surface area (Å²) in [6.45, 7) is 6.57. The van der Waals surface area contributed by atoms with Crippen molar-refractivity contribution in [3.8, 4) is 0 Å². The molecule has 1 aliphatic rings. The number of hydrogen-bond acceptors (Lipinski definition) is 2. The van der Waals surface area contributed by atoms with Crippen LogP contribution < -0.4 is 4.90 Å². The van der Waals surface area contributed by atoms with Gasteiger partial charge < -0.3 is 14.7 Å². The number of carbonyl (C=O) groups is 2. The predicted molar refractivity (Wildman–Crippen MR) is 115 cm³/mol. The van der Waals surface area contributed by atoms with Gasteiger partial charge in [-0.2, -0.15) is 0 Å². The maximum atomic E-state index is 12.6. The number of nitrogens with zero attached hydrogens (tertiary/aromatic N) is 2. The normalized spacial score (nSPS) is 14.9. The van der Waals surface area contributed by atoms with E-state index < -0.39 is 0 Å². The summed E-state index contributed by atoms with van der Waals surface area (Å²) in [5.74, 6) is -0.144. The van der Waals surface area contributed by atoms with E-state index in [1.165, 1.54) is 27.0 Å². The fourth-order valence-corrected chi connectivity index (χ4v) is 3.60. The lowest BCUT2D eigenvalue weighted by molar-refractivity contribution is -0.917. The van der Waals surface area contributed by atoms with Crippen LogP contribution in [0.1, 0.15) is 16.7 Å². The number of piperazine rings is 1. The highest BCUT2D eigenvalue weighted by Crippen LogP contribution is 2.04. The summed E-state index contributed by atoms with van der Waals surface area (Å²) in [5, 5.41) is 0. The van der Waals surface area contributed by atoms with Crippen molar-refractivity contribution in [3.05, 3.63) is 77.4 Å². The average Bonchev–Trinajstić information content (AvgIpc) is 2.73. The third kappa shape index (κ3) is 6.29. The van der Waals surface area contributed by atoms with Gasteiger partial charge in [0.2, 0.25) is 11.8 Å². The minimum atomic E-state index is -0.161. The maximum absolute atomic E-state index is 12.6. The Kier molecular flexibility index (Phi) is 7.19. The van der Waals surface area contributed by atoms with E-state index in [1.807, 2.05) is 35.2 Å². The summed E-state index contributed by atoms with van der Waals surface area (Å²) in [7, 11) is 1.68. The van der Waals surface area contributed by atoms with Crippen molar-refractivity contribution in [1.82, 2.24) is 9.80 Å². The molecule has 1 saturated heterocycles. The van der Waals surface area contributed by atoms with E-state index >= 15 is 0 Å². The molecule has 0 aromatic heterocycles. The third-order valence-corrected chi connectivity index (χ3v) is 5.33. The lowest BCUT2D eigenvalue weighted by Gasteiger charge is -2.33. The van der Waals surface area contributed by atoms with Crippen LogP contribution in [0.4, 0.5) is 0 Å². The van der Waals surface area contributed by atoms with E-state index in [0.29, 0.717) is 0 Å². The molecule has 29 heavy (non-hydrogen) atoms. The molecule has 0 unspecified atom stereocenters. The van der Waals surface area contributed by atoms with Crippen LogP contribution in [0.15, 0.2) is 60.7 Å². The number of aryl methyl sites for hydroxylation is 1. The summed E-state index contributed by atoms with van der Waals surface area (Å²) in [6.07, 6.45) is 3.29. The Labute approximate surface area is 173 Å². The van der Waals surface area contributed by atoms with E-state index in [2.05, 4.69) is 31.2 Å². The fourth-order valence-electron chi connectivity index (χ4n) is 3.60. The molecule has 0 spiro atoms. The van der Waals surface area contributed by atoms with Gasteiger partial charge in [0, 0.05) is 18.7 Å². The van der Waals surface area contributed by atoms with Gasteiger partial charge in [-0.05, 0) is 18.6 Å². The van der Waals surface area contributed by atoms with Crippen molar-refractivity contribution in [3.63, 3.8) is 0 Å². The first kappa shape index (κ1) is 20.8. The molecule has 2 aromatic carbocycles. The molecule has 0 saturated carbocycles. The molecule has 5 heteroatoms. The van der Waals surface area contributed by atoms with Gasteiger partial charge in [-0.25, -0.2) is 0 Å². The molecule has 2 amide bonds. The molecular weight excluding hydrogens is 362 g/mol. The standard InChI is InChI=1S/C24H29N3O2/c1-20-7-6-10-22(17-20)18-26-13-15-27(16-14-26)24(29)19-25(2)23(28)12-11-21-8-4-3-5-9-21/h3-12,17H,13-16,18-19H2,1-2H3/p+1/b12-11+. The molecule has 5 nitrogen and oxygen atoms in total. The molecule has 3 rings (SSSR count). The van der Waals surface area contributed by atoms with Crippen molar-refractivity contribution in [2.75, 3.05) is 39.8 Å². The van der Waals surface area contributed by atoms with Gasteiger partial charge in [0.05, 0.1) is 32.7 Å². The van der Waals surface area contributed by atoms with Crippen LogP contribution >= 0.6 is 0 Å². The maximum Gasteiger partial charge on any atom is 0.246 e. The molecule has 1 N–H and O–H groups in total. The van der Waals surface area contributed by atoms with E-state index in [-0.39, 0.29) is 18.4 Å². The van der Waals surface area contributed by atoms with Crippen molar-refractivity contribution in [2.45, 2.75) is 13.5 Å². The minimum absolute atomic E-state index is 0.0172. The Morgan fingerprint density at radius 3 is 2.48 bits per heavy atom. The zero-order valence-electron chi connectivity index (χ0n) is 17.3. The van der Waals surface area contributed by atoms with Crippen molar-refractivity contribution in [1.29, 1.82) is 0 Å². The van der Waals surface area contributed by atoms with Gasteiger partial charge in [0.15, 0.2) is 0 Å². The van der Waals surface area contributed by atoms with Crippen molar-refractivity contribution >= 4 is 17.9 Å². The lowest BCUT2D eigenvalue weighted by atomic mass is 10.1. The average molecular weight is 393 g/mol. The molecule has 0 aliphatic carbocycles. The summed E-state index contributed by atoms with van der Waals surface area (Å²) in [4.78, 5) is 29.7. The molecule has 152 valence electrons. The zero-order chi connectivity index (χ0) is 20.6. The van der Waals surface area contributed by atoms with E-state index in [4.69, 9.17) is 0 Å². The monoisotopic (exact) mass is 392 g/mol. The number of quaternary nitrogens is 1. The largest absolute Gasteiger partial charge is 0.333 e. The van der Waals surface area contributed by atoms with Crippen LogP contribution in [0.25, 0.3) is 6.08 Å². The topological polar surface area (TPSA) is 45.1 Å². The summed E-state index contributed by atoms with van der Waals surface area (Å²) >= 11 is 0. The molecular formula is C24H30N3O2+. The Hall–Kier alpha value is -2.92. The van der Waals surface area contributed by atoms with Crippen LogP contribution in [0.3, 0.4) is 0 Å². The fraction of sp³-hybridized carbons (Fsp3) is 0.333. The number of rotatable bonds is 6. The first-order chi connectivity index (χ1) is 14.0. The molecule has 0 bridgehead atoms. The number of likely N-dealkylation sites (N-methyl/N-ethyl adjacent to an activating group) is 1. The number of hydrogen-bond donors (Lipinski definition) is 1. The van der Waals surface area contributed by atoms with E-state index in [0.717, 1.165) is 38.3 Å². The number of carbonyl (C=O) groups excluding carboxylic acids is 2. The number of benzene rings is 2. The summed E-state index contributed by atoms with van der Waals surface area (Å²) in [5.41, 5.74) is 3.59. The van der Waals surface area contributed by atoms with Crippen LogP contribution in [0.5, 0.6) is 0 Å². The second kappa shape index (κ2) is 10.0. The molecule has 2 aromatic rings. The summed E-state index contributed by atoms with van der Waals surface area (Å²) in [6, 6.07) is 18.3. The Morgan fingerprint density at radius 1 is 1.07 bits per heavy atom. The third-order valence-electron chi connectivity index (χ3n) is 5.33. The van der Waals surface area contributed by atoms with Crippen molar-refractivity contribution in [2.24, 2.45) is 0 Å². The van der Waals surface area contributed by atoms with Crippen LogP contribution in [0, 0.1) is 6.92 Å². The van der Waals surface area contributed by atoms with Gasteiger partial charge in [-0.1, -0.05) is 60.2 Å². The molecule has 0 atom stereocenters. The minimum Gasteiger partial charge on any atom is -0.333 e. The van der Waals surface area contributed by atoms with Crippen molar-refractivity contribution < 1.29 is 14.5 Å².